The van der Waals surface area contributed by atoms with E-state index in [2.05, 4.69) is 60.0 Å². The zero-order valence-electron chi connectivity index (χ0n) is 21.2. The van der Waals surface area contributed by atoms with Crippen molar-refractivity contribution in [2.24, 2.45) is 5.73 Å². The predicted molar refractivity (Wildman–Crippen MR) is 143 cm³/mol. The maximum absolute atomic E-state index is 13.5. The third-order valence-electron chi connectivity index (χ3n) is 9.09. The first kappa shape index (κ1) is 21.4. The molecule has 186 valence electrons. The molecule has 3 aromatic carbocycles. The molecule has 1 amide bonds. The number of fused-ring (bicyclic) bond motifs is 10. The van der Waals surface area contributed by atoms with Crippen LogP contribution in [0.5, 0.6) is 5.75 Å². The van der Waals surface area contributed by atoms with Gasteiger partial charge in [0.2, 0.25) is 0 Å². The Balaban J connectivity index is 1.31. The minimum atomic E-state index is -0.367. The molecular weight excluding hydrogens is 460 g/mol. The number of nitrogens with two attached hydrogens (primary N) is 1. The fourth-order valence-corrected chi connectivity index (χ4v) is 6.88. The molecular formula is C31H30N4O2. The number of benzene rings is 3. The number of amides is 1. The molecule has 3 atom stereocenters. The summed E-state index contributed by atoms with van der Waals surface area (Å²) in [5, 5.41) is 0. The van der Waals surface area contributed by atoms with Crippen LogP contribution in [0.15, 0.2) is 54.6 Å². The summed E-state index contributed by atoms with van der Waals surface area (Å²) >= 11 is 0. The van der Waals surface area contributed by atoms with E-state index in [1.807, 2.05) is 18.0 Å². The number of hydrogen-bond acceptors (Lipinski definition) is 4. The van der Waals surface area contributed by atoms with Gasteiger partial charge in [0.15, 0.2) is 0 Å². The first-order valence-corrected chi connectivity index (χ1v) is 13.4. The second kappa shape index (κ2) is 7.23. The molecule has 1 saturated carbocycles. The maximum Gasteiger partial charge on any atom is 0.254 e. The van der Waals surface area contributed by atoms with Gasteiger partial charge in [0.25, 0.3) is 5.91 Å². The highest BCUT2D eigenvalue weighted by Gasteiger charge is 2.45. The summed E-state index contributed by atoms with van der Waals surface area (Å²) in [6, 6.07) is 19.3. The van der Waals surface area contributed by atoms with Crippen LogP contribution in [0.4, 0.5) is 0 Å². The first-order chi connectivity index (χ1) is 17.9. The van der Waals surface area contributed by atoms with Gasteiger partial charge in [0.1, 0.15) is 11.6 Å². The molecule has 8 rings (SSSR count). The van der Waals surface area contributed by atoms with Crippen molar-refractivity contribution in [2.45, 2.75) is 56.1 Å². The first-order valence-electron chi connectivity index (χ1n) is 13.4. The van der Waals surface area contributed by atoms with Crippen molar-refractivity contribution in [2.75, 3.05) is 13.7 Å². The lowest BCUT2D eigenvalue weighted by Gasteiger charge is -2.32. The molecule has 6 nitrogen and oxygen atoms in total. The minimum absolute atomic E-state index is 0.0211. The van der Waals surface area contributed by atoms with E-state index in [-0.39, 0.29) is 23.5 Å². The molecule has 2 bridgehead atoms. The number of rotatable bonds is 2. The summed E-state index contributed by atoms with van der Waals surface area (Å²) in [4.78, 5) is 20.5. The van der Waals surface area contributed by atoms with Gasteiger partial charge in [-0.15, -0.1) is 0 Å². The monoisotopic (exact) mass is 490 g/mol. The molecule has 0 radical (unpaired) electrons. The van der Waals surface area contributed by atoms with Crippen molar-refractivity contribution < 1.29 is 9.53 Å². The molecule has 4 aliphatic rings. The van der Waals surface area contributed by atoms with Gasteiger partial charge in [0, 0.05) is 36.6 Å². The fourth-order valence-electron chi connectivity index (χ4n) is 6.88. The van der Waals surface area contributed by atoms with Gasteiger partial charge in [-0.3, -0.25) is 4.79 Å². The zero-order valence-corrected chi connectivity index (χ0v) is 21.2. The molecule has 3 aliphatic heterocycles. The average Bonchev–Trinajstić information content (AvgIpc) is 3.60. The van der Waals surface area contributed by atoms with Crippen molar-refractivity contribution in [1.29, 1.82) is 0 Å². The van der Waals surface area contributed by atoms with Gasteiger partial charge in [-0.1, -0.05) is 30.3 Å². The Labute approximate surface area is 216 Å². The van der Waals surface area contributed by atoms with E-state index < -0.39 is 0 Å². The van der Waals surface area contributed by atoms with Crippen LogP contribution in [0.2, 0.25) is 0 Å². The van der Waals surface area contributed by atoms with Gasteiger partial charge >= 0.3 is 0 Å². The Morgan fingerprint density at radius 2 is 1.86 bits per heavy atom. The van der Waals surface area contributed by atoms with E-state index in [1.54, 1.807) is 0 Å². The molecule has 1 aromatic heterocycles. The molecule has 0 spiro atoms. The van der Waals surface area contributed by atoms with Crippen LogP contribution in [-0.4, -0.2) is 34.0 Å². The predicted octanol–water partition coefficient (Wildman–Crippen LogP) is 5.66. The Hall–Kier alpha value is -3.64. The summed E-state index contributed by atoms with van der Waals surface area (Å²) in [6.07, 6.45) is 4.11. The van der Waals surface area contributed by atoms with Crippen molar-refractivity contribution in [3.05, 3.63) is 82.7 Å². The zero-order chi connectivity index (χ0) is 25.1. The van der Waals surface area contributed by atoms with Crippen LogP contribution in [0, 0.1) is 0 Å². The lowest BCUT2D eigenvalue weighted by atomic mass is 9.86. The molecule has 4 aromatic rings. The van der Waals surface area contributed by atoms with Crippen LogP contribution < -0.4 is 10.5 Å². The summed E-state index contributed by atoms with van der Waals surface area (Å²) in [6.45, 7) is 2.71. The molecule has 1 aliphatic carbocycles. The molecule has 6 heteroatoms. The lowest BCUT2D eigenvalue weighted by Crippen LogP contribution is -2.38. The Kier molecular flexibility index (Phi) is 4.19. The van der Waals surface area contributed by atoms with Crippen LogP contribution in [0.25, 0.3) is 22.2 Å². The summed E-state index contributed by atoms with van der Waals surface area (Å²) < 4.78 is 8.43. The highest BCUT2D eigenvalue weighted by atomic mass is 16.5. The number of ether oxygens (including phenoxy) is 1. The highest BCUT2D eigenvalue weighted by molar-refractivity contribution is 5.97. The molecule has 2 N–H and O–H groups in total. The van der Waals surface area contributed by atoms with Crippen LogP contribution in [0.1, 0.15) is 83.5 Å². The van der Waals surface area contributed by atoms with E-state index in [4.69, 9.17) is 15.5 Å². The van der Waals surface area contributed by atoms with Gasteiger partial charge in [0.05, 0.1) is 29.7 Å². The van der Waals surface area contributed by atoms with Crippen molar-refractivity contribution in [1.82, 2.24) is 14.5 Å². The van der Waals surface area contributed by atoms with Crippen LogP contribution in [0.3, 0.4) is 0 Å². The van der Waals surface area contributed by atoms with E-state index in [0.29, 0.717) is 12.5 Å². The van der Waals surface area contributed by atoms with Crippen molar-refractivity contribution >= 4 is 16.9 Å². The molecule has 0 unspecified atom stereocenters. The standard InChI is InChI=1S/C31H30N4O2/c1-31(32)12-13-37-27-15-19(8-10-22(27)31)18-9-11-23-24(14-18)35-25-16-26(29(35)33-23)34(2)30(36)21-5-3-4-20(28(21)25)17-6-7-17/h3-5,8-11,14-15,17,25-26H,6-7,12-13,16,32H2,1-2H3/t25-,26-,31-/m1/s1. The van der Waals surface area contributed by atoms with Crippen molar-refractivity contribution in [3.8, 4) is 16.9 Å². The van der Waals surface area contributed by atoms with Gasteiger partial charge in [-0.2, -0.15) is 0 Å². The molecule has 4 heterocycles. The summed E-state index contributed by atoms with van der Waals surface area (Å²) in [5.41, 5.74) is 15.0. The van der Waals surface area contributed by atoms with Crippen molar-refractivity contribution in [3.63, 3.8) is 0 Å². The SMILES string of the molecule is CN1C(=O)c2cccc(C3CC3)c2[C@H]2C[C@@H]1c1nc3ccc(-c4ccc5c(c4)OCC[C@@]5(C)N)cc3n12. The van der Waals surface area contributed by atoms with Crippen LogP contribution >= 0.6 is 0 Å². The van der Waals surface area contributed by atoms with Crippen LogP contribution in [-0.2, 0) is 5.54 Å². The Morgan fingerprint density at radius 3 is 2.70 bits per heavy atom. The average molecular weight is 491 g/mol. The smallest absolute Gasteiger partial charge is 0.254 e. The Morgan fingerprint density at radius 1 is 1.05 bits per heavy atom. The van der Waals surface area contributed by atoms with Gasteiger partial charge in [-0.25, -0.2) is 4.98 Å². The molecule has 0 saturated heterocycles. The number of aromatic nitrogens is 2. The quantitative estimate of drug-likeness (QED) is 0.394. The van der Waals surface area contributed by atoms with Gasteiger partial charge < -0.3 is 19.9 Å². The summed E-state index contributed by atoms with van der Waals surface area (Å²) in [7, 11) is 1.93. The lowest BCUT2D eigenvalue weighted by molar-refractivity contribution is 0.0734. The maximum atomic E-state index is 13.5. The number of imidazole rings is 1. The van der Waals surface area contributed by atoms with E-state index in [1.165, 1.54) is 24.0 Å². The number of nitrogens with zero attached hydrogens (tertiary/aromatic N) is 3. The van der Waals surface area contributed by atoms with E-state index >= 15 is 0 Å². The normalized spacial score (nSPS) is 25.9. The third kappa shape index (κ3) is 2.96. The highest BCUT2D eigenvalue weighted by Crippen LogP contribution is 2.52. The topological polar surface area (TPSA) is 73.4 Å². The largest absolute Gasteiger partial charge is 0.493 e. The summed E-state index contributed by atoms with van der Waals surface area (Å²) in [5.74, 6) is 2.56. The second-order valence-corrected chi connectivity index (χ2v) is 11.5. The Bertz CT molecular complexity index is 1630. The fraction of sp³-hybridized carbons (Fsp3) is 0.355. The number of carbonyl (C=O) groups is 1. The third-order valence-corrected chi connectivity index (χ3v) is 9.09. The second-order valence-electron chi connectivity index (χ2n) is 11.5. The minimum Gasteiger partial charge on any atom is -0.493 e. The number of hydrogen-bond donors (Lipinski definition) is 1. The van der Waals surface area contributed by atoms with Gasteiger partial charge in [-0.05, 0) is 72.2 Å². The van der Waals surface area contributed by atoms with E-state index in [9.17, 15) is 4.79 Å². The van der Waals surface area contributed by atoms with E-state index in [0.717, 1.165) is 57.7 Å². The number of carbonyl (C=O) groups excluding carboxylic acids is 1. The molecule has 37 heavy (non-hydrogen) atoms. The molecule has 1 fully saturated rings.